The third kappa shape index (κ3) is 2.56. The van der Waals surface area contributed by atoms with Crippen LogP contribution < -0.4 is 10.7 Å². The van der Waals surface area contributed by atoms with Crippen LogP contribution >= 0.6 is 0 Å². The van der Waals surface area contributed by atoms with Crippen molar-refractivity contribution >= 4 is 22.9 Å². The summed E-state index contributed by atoms with van der Waals surface area (Å²) >= 11 is 0. The third-order valence-corrected chi connectivity index (χ3v) is 4.61. The largest absolute Gasteiger partial charge is 0.456 e. The number of hydrogen-bond acceptors (Lipinski definition) is 4. The molecule has 0 saturated carbocycles. The molecular formula is C22H18N2O2. The predicted molar refractivity (Wildman–Crippen MR) is 105 cm³/mol. The molecule has 1 aliphatic heterocycles. The molecule has 0 radical (unpaired) electrons. The van der Waals surface area contributed by atoms with Gasteiger partial charge in [-0.25, -0.2) is 0 Å². The molecule has 2 aromatic rings. The number of rotatable bonds is 3. The molecule has 0 unspecified atom stereocenters. The Labute approximate surface area is 151 Å². The number of nitrogens with one attached hydrogen (secondary N) is 1. The number of carbonyl (C=O) groups excluding carboxylic acids is 1. The Kier molecular flexibility index (Phi) is 4.01. The van der Waals surface area contributed by atoms with Crippen LogP contribution in [0.5, 0.6) is 0 Å². The molecule has 1 aliphatic carbocycles. The maximum absolute atomic E-state index is 11.6. The van der Waals surface area contributed by atoms with Crippen LogP contribution in [-0.2, 0) is 0 Å². The van der Waals surface area contributed by atoms with Crippen molar-refractivity contribution in [1.29, 1.82) is 0 Å². The fourth-order valence-electron chi connectivity index (χ4n) is 3.29. The lowest BCUT2D eigenvalue weighted by atomic mass is 9.91. The van der Waals surface area contributed by atoms with Crippen LogP contribution in [0.4, 0.5) is 5.69 Å². The summed E-state index contributed by atoms with van der Waals surface area (Å²) in [5.74, 6) is 0.740. The predicted octanol–water partition coefficient (Wildman–Crippen LogP) is 4.59. The molecule has 0 fully saturated rings. The van der Waals surface area contributed by atoms with Crippen LogP contribution in [0.1, 0.15) is 10.4 Å². The highest BCUT2D eigenvalue weighted by molar-refractivity contribution is 6.05. The molecule has 1 N–H and O–H groups in total. The Bertz CT molecular complexity index is 1160. The van der Waals surface area contributed by atoms with Crippen molar-refractivity contribution in [3.05, 3.63) is 71.6 Å². The second-order valence-electron chi connectivity index (χ2n) is 6.05. The van der Waals surface area contributed by atoms with Gasteiger partial charge in [0.05, 0.1) is 5.36 Å². The van der Waals surface area contributed by atoms with Gasteiger partial charge in [0.25, 0.3) is 0 Å². The standard InChI is InChI=1S/C22H18N2O2/c1-23-15-7-9-18-20(11-15)26-21-12-16(24-2)8-10-19(21)22(18)17-6-4-3-5-14(17)13-25/h3-13,23H,1-2H3/b24-16+. The van der Waals surface area contributed by atoms with Crippen LogP contribution in [0.25, 0.3) is 33.4 Å². The van der Waals surface area contributed by atoms with Crippen LogP contribution in [0, 0.1) is 0 Å². The molecule has 26 heavy (non-hydrogen) atoms. The third-order valence-electron chi connectivity index (χ3n) is 4.61. The van der Waals surface area contributed by atoms with Gasteiger partial charge >= 0.3 is 0 Å². The van der Waals surface area contributed by atoms with Crippen LogP contribution in [-0.4, -0.2) is 20.4 Å². The number of aldehydes is 1. The van der Waals surface area contributed by atoms with E-state index in [1.807, 2.05) is 67.7 Å². The maximum atomic E-state index is 11.6. The zero-order chi connectivity index (χ0) is 18.1. The topological polar surface area (TPSA) is 54.6 Å². The van der Waals surface area contributed by atoms with Gasteiger partial charge < -0.3 is 9.73 Å². The van der Waals surface area contributed by atoms with Gasteiger partial charge in [0.15, 0.2) is 6.29 Å². The van der Waals surface area contributed by atoms with Crippen molar-refractivity contribution in [2.24, 2.45) is 4.99 Å². The van der Waals surface area contributed by atoms with Gasteiger partial charge in [-0.15, -0.1) is 0 Å². The molecule has 2 aliphatic rings. The van der Waals surface area contributed by atoms with Crippen LogP contribution in [0.3, 0.4) is 0 Å². The molecule has 0 spiro atoms. The van der Waals surface area contributed by atoms with Crippen molar-refractivity contribution in [2.75, 3.05) is 19.4 Å². The first-order valence-electron chi connectivity index (χ1n) is 8.41. The zero-order valence-corrected chi connectivity index (χ0v) is 14.6. The van der Waals surface area contributed by atoms with E-state index in [2.05, 4.69) is 10.3 Å². The van der Waals surface area contributed by atoms with E-state index < -0.39 is 0 Å². The molecule has 128 valence electrons. The summed E-state index contributed by atoms with van der Waals surface area (Å²) in [5.41, 5.74) is 5.22. The first-order chi connectivity index (χ1) is 12.7. The van der Waals surface area contributed by atoms with Crippen molar-refractivity contribution in [1.82, 2.24) is 0 Å². The molecule has 0 bridgehead atoms. The summed E-state index contributed by atoms with van der Waals surface area (Å²) in [5, 5.41) is 4.95. The smallest absolute Gasteiger partial charge is 0.150 e. The van der Waals surface area contributed by atoms with Gasteiger partial charge in [0.1, 0.15) is 11.3 Å². The quantitative estimate of drug-likeness (QED) is 0.438. The van der Waals surface area contributed by atoms with Gasteiger partial charge in [-0.05, 0) is 29.8 Å². The molecular weight excluding hydrogens is 324 g/mol. The Balaban J connectivity index is 2.19. The summed E-state index contributed by atoms with van der Waals surface area (Å²) in [4.78, 5) is 15.9. The second kappa shape index (κ2) is 6.48. The van der Waals surface area contributed by atoms with E-state index in [0.29, 0.717) is 5.56 Å². The van der Waals surface area contributed by atoms with E-state index >= 15 is 0 Å². The normalized spacial score (nSPS) is 11.8. The number of fused-ring (bicyclic) bond motifs is 2. The lowest BCUT2D eigenvalue weighted by molar-refractivity contribution is 0.112. The van der Waals surface area contributed by atoms with E-state index in [0.717, 1.165) is 50.8 Å². The molecule has 4 nitrogen and oxygen atoms in total. The Morgan fingerprint density at radius 1 is 1.00 bits per heavy atom. The number of anilines is 1. The summed E-state index contributed by atoms with van der Waals surface area (Å²) in [7, 11) is 3.63. The van der Waals surface area contributed by atoms with Gasteiger partial charge in [-0.3, -0.25) is 9.79 Å². The number of carbonyl (C=O) groups is 1. The molecule has 0 amide bonds. The minimum absolute atomic E-state index is 0.656. The number of hydrogen-bond donors (Lipinski definition) is 1. The van der Waals surface area contributed by atoms with Gasteiger partial charge in [-0.2, -0.15) is 0 Å². The highest BCUT2D eigenvalue weighted by atomic mass is 16.3. The van der Waals surface area contributed by atoms with Crippen molar-refractivity contribution in [2.45, 2.75) is 0 Å². The lowest BCUT2D eigenvalue weighted by Gasteiger charge is -2.17. The molecule has 0 aromatic heterocycles. The average molecular weight is 342 g/mol. The number of benzene rings is 3. The fourth-order valence-corrected chi connectivity index (χ4v) is 3.29. The molecule has 0 saturated heterocycles. The highest BCUT2D eigenvalue weighted by Gasteiger charge is 2.18. The van der Waals surface area contributed by atoms with Gasteiger partial charge in [0, 0.05) is 54.0 Å². The van der Waals surface area contributed by atoms with E-state index in [-0.39, 0.29) is 0 Å². The molecule has 4 rings (SSSR count). The van der Waals surface area contributed by atoms with Crippen molar-refractivity contribution in [3.8, 4) is 22.5 Å². The maximum Gasteiger partial charge on any atom is 0.150 e. The summed E-state index contributed by atoms with van der Waals surface area (Å²) in [6.45, 7) is 0. The minimum Gasteiger partial charge on any atom is -0.456 e. The summed E-state index contributed by atoms with van der Waals surface area (Å²) in [6, 6.07) is 19.5. The van der Waals surface area contributed by atoms with E-state index in [1.54, 1.807) is 7.05 Å². The minimum atomic E-state index is 0.656. The van der Waals surface area contributed by atoms with Gasteiger partial charge in [0.2, 0.25) is 0 Å². The average Bonchev–Trinajstić information content (AvgIpc) is 2.71. The van der Waals surface area contributed by atoms with E-state index in [4.69, 9.17) is 4.42 Å². The molecule has 0 atom stereocenters. The highest BCUT2D eigenvalue weighted by Crippen LogP contribution is 2.41. The first-order valence-corrected chi connectivity index (χ1v) is 8.41. The number of nitrogens with zero attached hydrogens (tertiary/aromatic N) is 1. The monoisotopic (exact) mass is 342 g/mol. The Morgan fingerprint density at radius 2 is 1.85 bits per heavy atom. The van der Waals surface area contributed by atoms with Crippen molar-refractivity contribution in [3.63, 3.8) is 0 Å². The summed E-state index contributed by atoms with van der Waals surface area (Å²) in [6.07, 6.45) is 0.898. The molecule has 4 heteroatoms. The zero-order valence-electron chi connectivity index (χ0n) is 14.6. The lowest BCUT2D eigenvalue weighted by Crippen LogP contribution is -2.02. The van der Waals surface area contributed by atoms with Crippen LogP contribution in [0.15, 0.2) is 70.1 Å². The molecule has 1 heterocycles. The van der Waals surface area contributed by atoms with Crippen LogP contribution in [0.2, 0.25) is 0 Å². The first kappa shape index (κ1) is 16.1. The SMILES string of the molecule is C/N=c1\ccc2c(-c3ccccc3C=O)c3ccc(NC)cc3oc-2c1. The van der Waals surface area contributed by atoms with E-state index in [1.165, 1.54) is 0 Å². The van der Waals surface area contributed by atoms with E-state index in [9.17, 15) is 4.79 Å². The Hall–Kier alpha value is -3.40. The van der Waals surface area contributed by atoms with Crippen molar-refractivity contribution < 1.29 is 9.21 Å². The molecule has 2 aromatic carbocycles. The summed E-state index contributed by atoms with van der Waals surface area (Å²) < 4.78 is 6.18. The fraction of sp³-hybridized carbons (Fsp3) is 0.0909. The van der Waals surface area contributed by atoms with Gasteiger partial charge in [-0.1, -0.05) is 24.3 Å². The Morgan fingerprint density at radius 3 is 2.62 bits per heavy atom. The second-order valence-corrected chi connectivity index (χ2v) is 6.05.